The summed E-state index contributed by atoms with van der Waals surface area (Å²) in [6, 6.07) is 22.5. The monoisotopic (exact) mass is 345 g/mol. The molecule has 4 aromatic rings. The summed E-state index contributed by atoms with van der Waals surface area (Å²) in [4.78, 5) is 20.5. The van der Waals surface area contributed by atoms with Crippen LogP contribution < -0.4 is 5.32 Å². The molecule has 0 saturated heterocycles. The third-order valence-corrected chi connectivity index (χ3v) is 4.21. The quantitative estimate of drug-likeness (QED) is 0.582. The number of aromatic amines is 1. The minimum Gasteiger partial charge on any atom is -0.340 e. The summed E-state index contributed by atoms with van der Waals surface area (Å²) >= 11 is 0. The Morgan fingerprint density at radius 3 is 2.38 bits per heavy atom. The summed E-state index contributed by atoms with van der Waals surface area (Å²) in [6.07, 6.45) is 0. The number of carbonyl (C=O) groups is 1. The lowest BCUT2D eigenvalue weighted by atomic mass is 10.1. The van der Waals surface area contributed by atoms with Gasteiger partial charge in [0.05, 0.1) is 16.6 Å². The van der Waals surface area contributed by atoms with E-state index in [1.54, 1.807) is 12.1 Å². The van der Waals surface area contributed by atoms with Gasteiger partial charge in [0.2, 0.25) is 0 Å². The number of amides is 1. The van der Waals surface area contributed by atoms with E-state index in [1.165, 1.54) is 12.1 Å². The topological polar surface area (TPSA) is 57.8 Å². The molecule has 0 aliphatic rings. The number of nitrogens with one attached hydrogen (secondary N) is 2. The number of nitrogens with zero attached hydrogens (tertiary/aromatic N) is 1. The molecule has 3 aromatic carbocycles. The zero-order valence-corrected chi connectivity index (χ0v) is 13.8. The largest absolute Gasteiger partial charge is 0.340 e. The number of carbonyl (C=O) groups excluding carboxylic acids is 1. The fourth-order valence-electron chi connectivity index (χ4n) is 2.92. The van der Waals surface area contributed by atoms with E-state index in [0.717, 1.165) is 16.6 Å². The Morgan fingerprint density at radius 1 is 0.923 bits per heavy atom. The molecule has 2 N–H and O–H groups in total. The molecule has 0 aliphatic carbocycles. The van der Waals surface area contributed by atoms with E-state index in [9.17, 15) is 9.18 Å². The Morgan fingerprint density at radius 2 is 1.62 bits per heavy atom. The first kappa shape index (κ1) is 16.0. The molecule has 0 radical (unpaired) electrons. The van der Waals surface area contributed by atoms with E-state index in [4.69, 9.17) is 0 Å². The summed E-state index contributed by atoms with van der Waals surface area (Å²) in [5.74, 6) is -0.444. The Hall–Kier alpha value is -3.47. The molecule has 1 atom stereocenters. The van der Waals surface area contributed by atoms with Gasteiger partial charge in [-0.3, -0.25) is 4.79 Å². The molecule has 5 heteroatoms. The number of H-pyrrole nitrogens is 1. The van der Waals surface area contributed by atoms with Crippen molar-refractivity contribution in [3.05, 3.63) is 102 Å². The molecule has 1 heterocycles. The van der Waals surface area contributed by atoms with E-state index >= 15 is 0 Å². The van der Waals surface area contributed by atoms with Gasteiger partial charge in [0.15, 0.2) is 0 Å². The van der Waals surface area contributed by atoms with Crippen LogP contribution in [0.4, 0.5) is 4.39 Å². The zero-order chi connectivity index (χ0) is 17.9. The summed E-state index contributed by atoms with van der Waals surface area (Å²) in [6.45, 7) is 0. The maximum atomic E-state index is 14.0. The first-order valence-corrected chi connectivity index (χ1v) is 8.27. The lowest BCUT2D eigenvalue weighted by Crippen LogP contribution is -2.30. The predicted molar refractivity (Wildman–Crippen MR) is 98.2 cm³/mol. The van der Waals surface area contributed by atoms with Crippen LogP contribution in [0.3, 0.4) is 0 Å². The minimum atomic E-state index is -0.554. The van der Waals surface area contributed by atoms with Crippen LogP contribution in [0.2, 0.25) is 0 Å². The molecule has 0 aliphatic heterocycles. The smallest absolute Gasteiger partial charge is 0.255 e. The zero-order valence-electron chi connectivity index (χ0n) is 13.8. The number of imidazole rings is 1. The number of rotatable bonds is 4. The second-order valence-corrected chi connectivity index (χ2v) is 5.94. The van der Waals surface area contributed by atoms with Gasteiger partial charge in [-0.05, 0) is 29.8 Å². The van der Waals surface area contributed by atoms with Gasteiger partial charge in [0, 0.05) is 0 Å². The number of benzene rings is 3. The molecular weight excluding hydrogens is 329 g/mol. The minimum absolute atomic E-state index is 0.00421. The highest BCUT2D eigenvalue weighted by Gasteiger charge is 2.22. The van der Waals surface area contributed by atoms with Crippen LogP contribution in [0.15, 0.2) is 78.9 Å². The number of fused-ring (bicyclic) bond motifs is 1. The molecule has 0 spiro atoms. The maximum Gasteiger partial charge on any atom is 0.255 e. The number of hydrogen-bond acceptors (Lipinski definition) is 2. The van der Waals surface area contributed by atoms with Crippen LogP contribution in [0, 0.1) is 5.82 Å². The number of aromatic nitrogens is 2. The first-order chi connectivity index (χ1) is 12.7. The van der Waals surface area contributed by atoms with Crippen molar-refractivity contribution in [2.45, 2.75) is 6.04 Å². The number of hydrogen-bond donors (Lipinski definition) is 2. The van der Waals surface area contributed by atoms with Gasteiger partial charge in [-0.1, -0.05) is 54.6 Å². The second kappa shape index (κ2) is 6.80. The lowest BCUT2D eigenvalue weighted by Gasteiger charge is -2.17. The lowest BCUT2D eigenvalue weighted by molar-refractivity contribution is 0.0937. The summed E-state index contributed by atoms with van der Waals surface area (Å²) < 4.78 is 14.0. The highest BCUT2D eigenvalue weighted by Crippen LogP contribution is 2.23. The fourth-order valence-corrected chi connectivity index (χ4v) is 2.92. The van der Waals surface area contributed by atoms with Crippen molar-refractivity contribution in [2.75, 3.05) is 0 Å². The molecular formula is C21H16FN3O. The molecule has 0 fully saturated rings. The Balaban J connectivity index is 1.74. The van der Waals surface area contributed by atoms with Crippen molar-refractivity contribution < 1.29 is 9.18 Å². The highest BCUT2D eigenvalue weighted by atomic mass is 19.1. The van der Waals surface area contributed by atoms with Gasteiger partial charge in [0.25, 0.3) is 5.91 Å². The van der Waals surface area contributed by atoms with Crippen LogP contribution in [-0.2, 0) is 0 Å². The fraction of sp³-hybridized carbons (Fsp3) is 0.0476. The van der Waals surface area contributed by atoms with Crippen molar-refractivity contribution in [1.29, 1.82) is 0 Å². The van der Waals surface area contributed by atoms with Crippen molar-refractivity contribution in [3.63, 3.8) is 0 Å². The van der Waals surface area contributed by atoms with E-state index in [-0.39, 0.29) is 5.56 Å². The Kier molecular flexibility index (Phi) is 4.19. The molecule has 0 saturated carbocycles. The third-order valence-electron chi connectivity index (χ3n) is 4.21. The van der Waals surface area contributed by atoms with Gasteiger partial charge < -0.3 is 10.3 Å². The average molecular weight is 345 g/mol. The normalized spacial score (nSPS) is 12.0. The van der Waals surface area contributed by atoms with Gasteiger partial charge in [-0.25, -0.2) is 9.37 Å². The van der Waals surface area contributed by atoms with Crippen molar-refractivity contribution in [3.8, 4) is 0 Å². The predicted octanol–water partition coefficient (Wildman–Crippen LogP) is 4.22. The summed E-state index contributed by atoms with van der Waals surface area (Å²) in [7, 11) is 0. The number of halogens is 1. The summed E-state index contributed by atoms with van der Waals surface area (Å²) in [5.41, 5.74) is 2.55. The SMILES string of the molecule is O=C(NC(c1ccccc1)c1nc2ccccc2[nH]1)c1ccccc1F. The molecule has 26 heavy (non-hydrogen) atoms. The van der Waals surface area contributed by atoms with Crippen LogP contribution in [0.5, 0.6) is 0 Å². The Labute approximate surface area is 149 Å². The van der Waals surface area contributed by atoms with Crippen LogP contribution in [-0.4, -0.2) is 15.9 Å². The highest BCUT2D eigenvalue weighted by molar-refractivity contribution is 5.95. The third kappa shape index (κ3) is 3.07. The van der Waals surface area contributed by atoms with Gasteiger partial charge in [0.1, 0.15) is 17.7 Å². The first-order valence-electron chi connectivity index (χ1n) is 8.27. The molecule has 4 nitrogen and oxygen atoms in total. The van der Waals surface area contributed by atoms with Gasteiger partial charge >= 0.3 is 0 Å². The van der Waals surface area contributed by atoms with Gasteiger partial charge in [-0.2, -0.15) is 0 Å². The molecule has 1 amide bonds. The van der Waals surface area contributed by atoms with Crippen LogP contribution in [0.25, 0.3) is 11.0 Å². The Bertz CT molecular complexity index is 1030. The van der Waals surface area contributed by atoms with E-state index in [2.05, 4.69) is 15.3 Å². The van der Waals surface area contributed by atoms with Crippen molar-refractivity contribution in [1.82, 2.24) is 15.3 Å². The van der Waals surface area contributed by atoms with Crippen LogP contribution in [0.1, 0.15) is 27.8 Å². The average Bonchev–Trinajstić information content (AvgIpc) is 3.11. The molecule has 4 rings (SSSR count). The van der Waals surface area contributed by atoms with Gasteiger partial charge in [-0.15, -0.1) is 0 Å². The van der Waals surface area contributed by atoms with E-state index in [0.29, 0.717) is 5.82 Å². The van der Waals surface area contributed by atoms with E-state index < -0.39 is 17.8 Å². The number of para-hydroxylation sites is 2. The molecule has 1 aromatic heterocycles. The second-order valence-electron chi connectivity index (χ2n) is 5.94. The molecule has 128 valence electrons. The molecule has 0 bridgehead atoms. The molecule has 1 unspecified atom stereocenters. The van der Waals surface area contributed by atoms with Crippen LogP contribution >= 0.6 is 0 Å². The van der Waals surface area contributed by atoms with E-state index in [1.807, 2.05) is 54.6 Å². The van der Waals surface area contributed by atoms with Crippen molar-refractivity contribution >= 4 is 16.9 Å². The van der Waals surface area contributed by atoms with Crippen molar-refractivity contribution in [2.24, 2.45) is 0 Å². The summed E-state index contributed by atoms with van der Waals surface area (Å²) in [5, 5.41) is 2.89. The maximum absolute atomic E-state index is 14.0. The standard InChI is InChI=1S/C21H16FN3O/c22-16-11-5-4-10-15(16)21(26)25-19(14-8-2-1-3-9-14)20-23-17-12-6-7-13-18(17)24-20/h1-13,19H,(H,23,24)(H,25,26).